The maximum Gasteiger partial charge on any atom is 0.223 e. The maximum absolute atomic E-state index is 10.8. The number of hydrogen-bond acceptors (Lipinski definition) is 4. The lowest BCUT2D eigenvalue weighted by atomic mass is 10.0. The lowest BCUT2D eigenvalue weighted by Gasteiger charge is -2.17. The first kappa shape index (κ1) is 9.08. The standard InChI is InChI=1S/C9H12N4O/c10-9(14)3-7-6-1-2-11-4-8(6)13-5-12-7/h5,11H,1-4H2,(H2,10,14). The Bertz CT molecular complexity index is 364. The summed E-state index contributed by atoms with van der Waals surface area (Å²) in [7, 11) is 0. The third kappa shape index (κ3) is 1.72. The molecule has 0 aliphatic carbocycles. The van der Waals surface area contributed by atoms with E-state index in [1.165, 1.54) is 6.33 Å². The number of nitrogens with two attached hydrogens (primary N) is 1. The summed E-state index contributed by atoms with van der Waals surface area (Å²) >= 11 is 0. The molecule has 0 spiro atoms. The predicted molar refractivity (Wildman–Crippen MR) is 50.3 cm³/mol. The van der Waals surface area contributed by atoms with Crippen molar-refractivity contribution in [3.05, 3.63) is 23.3 Å². The molecule has 3 N–H and O–H groups in total. The average Bonchev–Trinajstić information content (AvgIpc) is 2.18. The van der Waals surface area contributed by atoms with Crippen LogP contribution in [0.15, 0.2) is 6.33 Å². The van der Waals surface area contributed by atoms with E-state index in [1.54, 1.807) is 0 Å². The fraction of sp³-hybridized carbons (Fsp3) is 0.444. The molecule has 0 saturated heterocycles. The molecule has 14 heavy (non-hydrogen) atoms. The molecule has 5 nitrogen and oxygen atoms in total. The van der Waals surface area contributed by atoms with Gasteiger partial charge in [-0.2, -0.15) is 0 Å². The van der Waals surface area contributed by atoms with Gasteiger partial charge in [0.1, 0.15) is 6.33 Å². The summed E-state index contributed by atoms with van der Waals surface area (Å²) in [5, 5.41) is 3.22. The van der Waals surface area contributed by atoms with Crippen LogP contribution >= 0.6 is 0 Å². The molecule has 0 unspecified atom stereocenters. The number of hydrogen-bond donors (Lipinski definition) is 2. The molecule has 0 fully saturated rings. The average molecular weight is 192 g/mol. The lowest BCUT2D eigenvalue weighted by Crippen LogP contribution is -2.27. The van der Waals surface area contributed by atoms with E-state index >= 15 is 0 Å². The number of aromatic nitrogens is 2. The summed E-state index contributed by atoms with van der Waals surface area (Å²) in [5.74, 6) is -0.343. The highest BCUT2D eigenvalue weighted by molar-refractivity contribution is 5.76. The zero-order valence-corrected chi connectivity index (χ0v) is 7.79. The number of nitrogens with zero attached hydrogens (tertiary/aromatic N) is 2. The Kier molecular flexibility index (Phi) is 2.41. The van der Waals surface area contributed by atoms with Crippen molar-refractivity contribution in [1.82, 2.24) is 15.3 Å². The first-order chi connectivity index (χ1) is 6.77. The number of fused-ring (bicyclic) bond motifs is 1. The zero-order chi connectivity index (χ0) is 9.97. The van der Waals surface area contributed by atoms with Crippen LogP contribution in [0.4, 0.5) is 0 Å². The molecule has 1 aromatic heterocycles. The molecule has 1 aromatic rings. The molecule has 5 heteroatoms. The number of nitrogens with one attached hydrogen (secondary N) is 1. The van der Waals surface area contributed by atoms with Crippen LogP contribution in [-0.4, -0.2) is 22.4 Å². The molecule has 1 amide bonds. The quantitative estimate of drug-likeness (QED) is 0.639. The van der Waals surface area contributed by atoms with Crippen LogP contribution in [0.2, 0.25) is 0 Å². The topological polar surface area (TPSA) is 80.9 Å². The molecule has 0 bridgehead atoms. The van der Waals surface area contributed by atoms with E-state index in [0.29, 0.717) is 0 Å². The van der Waals surface area contributed by atoms with Gasteiger partial charge in [-0.3, -0.25) is 4.79 Å². The number of carbonyl (C=O) groups is 1. The van der Waals surface area contributed by atoms with Crippen LogP contribution < -0.4 is 11.1 Å². The molecular weight excluding hydrogens is 180 g/mol. The summed E-state index contributed by atoms with van der Waals surface area (Å²) in [6.07, 6.45) is 2.58. The SMILES string of the molecule is NC(=O)Cc1ncnc2c1CCNC2. The van der Waals surface area contributed by atoms with Crippen LogP contribution in [0.3, 0.4) is 0 Å². The van der Waals surface area contributed by atoms with Crippen molar-refractivity contribution in [2.75, 3.05) is 6.54 Å². The van der Waals surface area contributed by atoms with Crippen molar-refractivity contribution >= 4 is 5.91 Å². The van der Waals surface area contributed by atoms with Gasteiger partial charge in [-0.05, 0) is 18.5 Å². The molecule has 2 heterocycles. The third-order valence-electron chi connectivity index (χ3n) is 2.31. The molecule has 0 radical (unpaired) electrons. The summed E-state index contributed by atoms with van der Waals surface area (Å²) in [4.78, 5) is 19.1. The molecule has 0 atom stereocenters. The van der Waals surface area contributed by atoms with Gasteiger partial charge in [-0.15, -0.1) is 0 Å². The summed E-state index contributed by atoms with van der Waals surface area (Å²) in [6.45, 7) is 1.66. The number of carbonyl (C=O) groups excluding carboxylic acids is 1. The van der Waals surface area contributed by atoms with Crippen molar-refractivity contribution in [3.8, 4) is 0 Å². The van der Waals surface area contributed by atoms with E-state index in [-0.39, 0.29) is 12.3 Å². The van der Waals surface area contributed by atoms with Gasteiger partial charge in [0.05, 0.1) is 17.8 Å². The van der Waals surface area contributed by atoms with Gasteiger partial charge in [0.2, 0.25) is 5.91 Å². The first-order valence-electron chi connectivity index (χ1n) is 4.58. The Hall–Kier alpha value is -1.49. The largest absolute Gasteiger partial charge is 0.369 e. The minimum atomic E-state index is -0.343. The van der Waals surface area contributed by atoms with Gasteiger partial charge < -0.3 is 11.1 Å². The fourth-order valence-electron chi connectivity index (χ4n) is 1.67. The van der Waals surface area contributed by atoms with Gasteiger partial charge in [-0.1, -0.05) is 0 Å². The van der Waals surface area contributed by atoms with Crippen molar-refractivity contribution in [3.63, 3.8) is 0 Å². The van der Waals surface area contributed by atoms with Gasteiger partial charge >= 0.3 is 0 Å². The monoisotopic (exact) mass is 192 g/mol. The van der Waals surface area contributed by atoms with E-state index in [4.69, 9.17) is 5.73 Å². The predicted octanol–water partition coefficient (Wildman–Crippen LogP) is -0.850. The van der Waals surface area contributed by atoms with Crippen LogP contribution in [0, 0.1) is 0 Å². The summed E-state index contributed by atoms with van der Waals surface area (Å²) in [5.41, 5.74) is 8.00. The highest BCUT2D eigenvalue weighted by Crippen LogP contribution is 2.14. The van der Waals surface area contributed by atoms with Crippen LogP contribution in [0.25, 0.3) is 0 Å². The van der Waals surface area contributed by atoms with Gasteiger partial charge in [0, 0.05) is 6.54 Å². The van der Waals surface area contributed by atoms with Crippen molar-refractivity contribution < 1.29 is 4.79 Å². The van der Waals surface area contributed by atoms with Gasteiger partial charge in [0.25, 0.3) is 0 Å². The normalized spacial score (nSPS) is 14.9. The molecule has 2 rings (SSSR count). The smallest absolute Gasteiger partial charge is 0.223 e. The molecule has 74 valence electrons. The summed E-state index contributed by atoms with van der Waals surface area (Å²) in [6, 6.07) is 0. The van der Waals surface area contributed by atoms with Crippen LogP contribution in [-0.2, 0) is 24.2 Å². The number of primary amides is 1. The Balaban J connectivity index is 2.35. The summed E-state index contributed by atoms with van der Waals surface area (Å²) < 4.78 is 0. The second-order valence-corrected chi connectivity index (χ2v) is 3.32. The number of amides is 1. The molecule has 1 aliphatic heterocycles. The zero-order valence-electron chi connectivity index (χ0n) is 7.79. The molecular formula is C9H12N4O. The van der Waals surface area contributed by atoms with E-state index in [0.717, 1.165) is 36.5 Å². The maximum atomic E-state index is 10.8. The molecule has 0 aromatic carbocycles. The number of rotatable bonds is 2. The Morgan fingerprint density at radius 2 is 2.43 bits per heavy atom. The second-order valence-electron chi connectivity index (χ2n) is 3.32. The molecule has 1 aliphatic rings. The van der Waals surface area contributed by atoms with Gasteiger partial charge in [0.15, 0.2) is 0 Å². The van der Waals surface area contributed by atoms with Crippen LogP contribution in [0.5, 0.6) is 0 Å². The van der Waals surface area contributed by atoms with Crippen molar-refractivity contribution in [2.45, 2.75) is 19.4 Å². The van der Waals surface area contributed by atoms with E-state index in [9.17, 15) is 4.79 Å². The minimum Gasteiger partial charge on any atom is -0.369 e. The van der Waals surface area contributed by atoms with Gasteiger partial charge in [-0.25, -0.2) is 9.97 Å². The third-order valence-corrected chi connectivity index (χ3v) is 2.31. The Morgan fingerprint density at radius 1 is 1.57 bits per heavy atom. The van der Waals surface area contributed by atoms with E-state index in [2.05, 4.69) is 15.3 Å². The van der Waals surface area contributed by atoms with Crippen LogP contribution in [0.1, 0.15) is 17.0 Å². The Labute approximate surface area is 81.7 Å². The first-order valence-corrected chi connectivity index (χ1v) is 4.58. The second kappa shape index (κ2) is 3.71. The van der Waals surface area contributed by atoms with E-state index in [1.807, 2.05) is 0 Å². The lowest BCUT2D eigenvalue weighted by molar-refractivity contribution is -0.117. The van der Waals surface area contributed by atoms with Crippen molar-refractivity contribution in [2.24, 2.45) is 5.73 Å². The van der Waals surface area contributed by atoms with Crippen molar-refractivity contribution in [1.29, 1.82) is 0 Å². The minimum absolute atomic E-state index is 0.213. The van der Waals surface area contributed by atoms with E-state index < -0.39 is 0 Å². The highest BCUT2D eigenvalue weighted by Gasteiger charge is 2.15. The highest BCUT2D eigenvalue weighted by atomic mass is 16.1. The Morgan fingerprint density at radius 3 is 3.21 bits per heavy atom. The fourth-order valence-corrected chi connectivity index (χ4v) is 1.67. The molecule has 0 saturated carbocycles.